The smallest absolute Gasteiger partial charge is 0.387 e. The molecule has 10 nitrogen and oxygen atoms in total. The van der Waals surface area contributed by atoms with Crippen LogP contribution < -0.4 is 15.6 Å². The van der Waals surface area contributed by atoms with Crippen LogP contribution >= 0.6 is 0 Å². The number of piperidine rings is 1. The Hall–Kier alpha value is -2.52. The molecule has 2 N–H and O–H groups in total. The van der Waals surface area contributed by atoms with E-state index in [4.69, 9.17) is 0 Å². The van der Waals surface area contributed by atoms with Crippen LogP contribution in [0.2, 0.25) is 0 Å². The van der Waals surface area contributed by atoms with Crippen LogP contribution in [0.15, 0.2) is 17.1 Å². The van der Waals surface area contributed by atoms with E-state index in [0.717, 1.165) is 6.07 Å². The molecule has 0 unspecified atom stereocenters. The van der Waals surface area contributed by atoms with Crippen LogP contribution in [0.5, 0.6) is 5.75 Å². The molecule has 0 aromatic carbocycles. The Kier molecular flexibility index (Phi) is 7.76. The highest BCUT2D eigenvalue weighted by Gasteiger charge is 2.43. The van der Waals surface area contributed by atoms with Gasteiger partial charge in [0.15, 0.2) is 5.75 Å². The van der Waals surface area contributed by atoms with Crippen LogP contribution in [0.3, 0.4) is 0 Å². The minimum absolute atomic E-state index is 0.0574. The average Bonchev–Trinajstić information content (AvgIpc) is 3.23. The van der Waals surface area contributed by atoms with Gasteiger partial charge in [-0.15, -0.1) is 0 Å². The van der Waals surface area contributed by atoms with Crippen molar-refractivity contribution in [3.05, 3.63) is 22.6 Å². The zero-order valence-corrected chi connectivity index (χ0v) is 22.8. The summed E-state index contributed by atoms with van der Waals surface area (Å²) in [6.07, 6.45) is 2.76. The van der Waals surface area contributed by atoms with Gasteiger partial charge in [-0.2, -0.15) is 13.8 Å². The number of fused-ring (bicyclic) bond motifs is 1. The summed E-state index contributed by atoms with van der Waals surface area (Å²) in [4.78, 5) is 22.0. The lowest BCUT2D eigenvalue weighted by atomic mass is 9.96. The van der Waals surface area contributed by atoms with Gasteiger partial charge >= 0.3 is 6.61 Å². The molecular formula is C25H33F4N5O5S. The van der Waals surface area contributed by atoms with Crippen molar-refractivity contribution >= 4 is 27.0 Å². The Morgan fingerprint density at radius 3 is 2.40 bits per heavy atom. The number of hydrogen-bond acceptors (Lipinski definition) is 8. The van der Waals surface area contributed by atoms with E-state index in [9.17, 15) is 35.9 Å². The minimum Gasteiger partial charge on any atom is -0.429 e. The minimum atomic E-state index is -3.69. The number of rotatable bonds is 7. The van der Waals surface area contributed by atoms with E-state index in [1.54, 1.807) is 6.92 Å². The van der Waals surface area contributed by atoms with Crippen molar-refractivity contribution in [1.82, 2.24) is 18.8 Å². The number of aromatic nitrogens is 3. The number of hydrogen-bond donors (Lipinski definition) is 2. The predicted octanol–water partition coefficient (Wildman–Crippen LogP) is 3.65. The standard InChI is InChI=1S/C25H33F4N5O5S/c1-24(36)8-2-3-19(24)34-20-15(13-18(21(34)35)39-22(26)27)14-30-23(32-20)31-16-6-11-33(12-7-16)40(37,38)17-4-9-25(28,29)10-5-17/h13-14,16-17,19,22,36H,2-12H2,1H3,(H,30,31,32)/t19-,24-/m1/s1. The maximum Gasteiger partial charge on any atom is 0.387 e. The number of anilines is 1. The van der Waals surface area contributed by atoms with Crippen molar-refractivity contribution < 1.29 is 35.8 Å². The summed E-state index contributed by atoms with van der Waals surface area (Å²) in [5.74, 6) is -3.21. The number of sulfonamides is 1. The molecule has 3 fully saturated rings. The van der Waals surface area contributed by atoms with Gasteiger partial charge in [0.25, 0.3) is 5.56 Å². The van der Waals surface area contributed by atoms with Gasteiger partial charge in [-0.25, -0.2) is 26.5 Å². The molecule has 0 bridgehead atoms. The summed E-state index contributed by atoms with van der Waals surface area (Å²) >= 11 is 0. The number of nitrogens with zero attached hydrogens (tertiary/aromatic N) is 4. The number of halogens is 4. The molecule has 5 rings (SSSR count). The Morgan fingerprint density at radius 2 is 1.80 bits per heavy atom. The molecular weight excluding hydrogens is 558 g/mol. The molecule has 2 aromatic heterocycles. The number of aliphatic hydroxyl groups is 1. The van der Waals surface area contributed by atoms with Gasteiger partial charge < -0.3 is 15.2 Å². The third kappa shape index (κ3) is 5.77. The normalized spacial score (nSPS) is 26.9. The van der Waals surface area contributed by atoms with E-state index in [0.29, 0.717) is 32.1 Å². The van der Waals surface area contributed by atoms with Crippen molar-refractivity contribution in [3.63, 3.8) is 0 Å². The monoisotopic (exact) mass is 591 g/mol. The predicted molar refractivity (Wildman–Crippen MR) is 138 cm³/mol. The number of nitrogens with one attached hydrogen (secondary N) is 1. The zero-order chi connectivity index (χ0) is 28.9. The van der Waals surface area contributed by atoms with Gasteiger partial charge in [0, 0.05) is 43.6 Å². The molecule has 1 saturated heterocycles. The largest absolute Gasteiger partial charge is 0.429 e. The first-order chi connectivity index (χ1) is 18.8. The Labute approximate surface area is 228 Å². The molecule has 3 heterocycles. The molecule has 0 radical (unpaired) electrons. The van der Waals surface area contributed by atoms with Gasteiger partial charge in [0.2, 0.25) is 21.9 Å². The number of alkyl halides is 4. The van der Waals surface area contributed by atoms with E-state index in [-0.39, 0.29) is 49.0 Å². The molecule has 40 heavy (non-hydrogen) atoms. The van der Waals surface area contributed by atoms with Crippen LogP contribution in [-0.4, -0.2) is 74.9 Å². The fourth-order valence-electron chi connectivity index (χ4n) is 6.13. The number of pyridine rings is 1. The third-order valence-corrected chi connectivity index (χ3v) is 10.8. The van der Waals surface area contributed by atoms with Gasteiger partial charge in [0.05, 0.1) is 16.9 Å². The molecule has 2 aromatic rings. The van der Waals surface area contributed by atoms with Crippen molar-refractivity contribution in [2.24, 2.45) is 0 Å². The molecule has 0 spiro atoms. The second-order valence-corrected chi connectivity index (χ2v) is 13.4. The summed E-state index contributed by atoms with van der Waals surface area (Å²) < 4.78 is 86.1. The quantitative estimate of drug-likeness (QED) is 0.468. The van der Waals surface area contributed by atoms with Gasteiger partial charge in [-0.1, -0.05) is 0 Å². The highest BCUT2D eigenvalue weighted by atomic mass is 32.2. The second-order valence-electron chi connectivity index (χ2n) is 11.2. The van der Waals surface area contributed by atoms with E-state index in [2.05, 4.69) is 20.0 Å². The molecule has 222 valence electrons. The van der Waals surface area contributed by atoms with Crippen LogP contribution in [0.1, 0.15) is 70.8 Å². The zero-order valence-electron chi connectivity index (χ0n) is 22.0. The maximum absolute atomic E-state index is 13.5. The van der Waals surface area contributed by atoms with Crippen LogP contribution in [-0.2, 0) is 10.0 Å². The van der Waals surface area contributed by atoms with E-state index < -0.39 is 63.6 Å². The summed E-state index contributed by atoms with van der Waals surface area (Å²) in [6.45, 7) is -1.20. The SMILES string of the molecule is C[C@@]1(O)CCC[C@H]1n1c(=O)c(OC(F)F)cc2cnc(NC3CCN(S(=O)(=O)C4CCC(F)(F)CC4)CC3)nc21. The second kappa shape index (κ2) is 10.7. The van der Waals surface area contributed by atoms with E-state index in [1.807, 2.05) is 0 Å². The van der Waals surface area contributed by atoms with Crippen molar-refractivity contribution in [3.8, 4) is 5.75 Å². The molecule has 3 aliphatic rings. The molecule has 2 atom stereocenters. The molecule has 0 amide bonds. The fraction of sp³-hybridized carbons (Fsp3) is 0.720. The van der Waals surface area contributed by atoms with Crippen molar-refractivity contribution in [1.29, 1.82) is 0 Å². The van der Waals surface area contributed by atoms with Crippen LogP contribution in [0.25, 0.3) is 11.0 Å². The summed E-state index contributed by atoms with van der Waals surface area (Å²) in [5.41, 5.74) is -1.93. The van der Waals surface area contributed by atoms with E-state index >= 15 is 0 Å². The first-order valence-electron chi connectivity index (χ1n) is 13.5. The summed E-state index contributed by atoms with van der Waals surface area (Å²) in [6, 6.07) is 0.244. The highest BCUT2D eigenvalue weighted by molar-refractivity contribution is 7.89. The van der Waals surface area contributed by atoms with Gasteiger partial charge in [-0.05, 0) is 57.9 Å². The van der Waals surface area contributed by atoms with Crippen molar-refractivity contribution in [2.75, 3.05) is 18.4 Å². The first kappa shape index (κ1) is 29.0. The fourth-order valence-corrected chi connectivity index (χ4v) is 8.10. The first-order valence-corrected chi connectivity index (χ1v) is 15.0. The topological polar surface area (TPSA) is 127 Å². The lowest BCUT2D eigenvalue weighted by molar-refractivity contribution is -0.0513. The number of ether oxygens (including phenoxy) is 1. The average molecular weight is 592 g/mol. The van der Waals surface area contributed by atoms with Crippen molar-refractivity contribution in [2.45, 2.75) is 100 Å². The Morgan fingerprint density at radius 1 is 1.12 bits per heavy atom. The maximum atomic E-state index is 13.5. The van der Waals surface area contributed by atoms with Crippen LogP contribution in [0.4, 0.5) is 23.5 Å². The summed E-state index contributed by atoms with van der Waals surface area (Å²) in [7, 11) is -3.69. The van der Waals surface area contributed by atoms with E-state index in [1.165, 1.54) is 15.1 Å². The summed E-state index contributed by atoms with van der Waals surface area (Å²) in [5, 5.41) is 13.6. The Balaban J connectivity index is 1.34. The highest BCUT2D eigenvalue weighted by Crippen LogP contribution is 2.40. The molecule has 2 saturated carbocycles. The lowest BCUT2D eigenvalue weighted by Gasteiger charge is -2.36. The third-order valence-electron chi connectivity index (χ3n) is 8.38. The molecule has 2 aliphatic carbocycles. The van der Waals surface area contributed by atoms with Gasteiger partial charge in [-0.3, -0.25) is 9.36 Å². The lowest BCUT2D eigenvalue weighted by Crippen LogP contribution is -2.47. The van der Waals surface area contributed by atoms with Gasteiger partial charge in [0.1, 0.15) is 5.65 Å². The Bertz CT molecular complexity index is 1400. The van der Waals surface area contributed by atoms with Crippen LogP contribution in [0, 0.1) is 0 Å². The molecule has 15 heteroatoms. The molecule has 1 aliphatic heterocycles.